The highest BCUT2D eigenvalue weighted by molar-refractivity contribution is 6.01. The molecule has 2 amide bonds. The van der Waals surface area contributed by atoms with Crippen LogP contribution in [0.3, 0.4) is 0 Å². The SMILES string of the molecule is O=C(Nc1ccccc1OCc1cc(=O)n2ccccc2n1)Nc1ccccc1C(F)(F)F. The molecule has 7 nitrogen and oxygen atoms in total. The van der Waals surface area contributed by atoms with E-state index in [9.17, 15) is 22.8 Å². The van der Waals surface area contributed by atoms with Crippen molar-refractivity contribution in [2.75, 3.05) is 10.6 Å². The van der Waals surface area contributed by atoms with E-state index in [1.807, 2.05) is 0 Å². The Morgan fingerprint density at radius 1 is 0.939 bits per heavy atom. The number of carbonyl (C=O) groups excluding carboxylic acids is 1. The van der Waals surface area contributed by atoms with Gasteiger partial charge in [0.1, 0.15) is 18.0 Å². The van der Waals surface area contributed by atoms with E-state index < -0.39 is 17.8 Å². The van der Waals surface area contributed by atoms with Crippen LogP contribution in [0.15, 0.2) is 83.8 Å². The molecule has 0 aliphatic rings. The van der Waals surface area contributed by atoms with Crippen molar-refractivity contribution >= 4 is 23.1 Å². The van der Waals surface area contributed by atoms with Gasteiger partial charge in [-0.15, -0.1) is 0 Å². The molecule has 0 atom stereocenters. The van der Waals surface area contributed by atoms with E-state index >= 15 is 0 Å². The Hall–Kier alpha value is -4.34. The zero-order chi connectivity index (χ0) is 23.4. The summed E-state index contributed by atoms with van der Waals surface area (Å²) in [6.45, 7) is -0.0577. The standard InChI is InChI=1S/C23H17F3N4O3/c24-23(25,26)16-7-1-2-8-17(16)28-22(32)29-18-9-3-4-10-19(18)33-14-15-13-21(31)30-12-6-5-11-20(30)27-15/h1-13H,14H2,(H2,28,29,32). The minimum Gasteiger partial charge on any atom is -0.485 e. The number of benzene rings is 2. The zero-order valence-corrected chi connectivity index (χ0v) is 17.0. The number of nitrogens with one attached hydrogen (secondary N) is 2. The Morgan fingerprint density at radius 2 is 1.61 bits per heavy atom. The molecule has 168 valence electrons. The summed E-state index contributed by atoms with van der Waals surface area (Å²) in [4.78, 5) is 29.0. The van der Waals surface area contributed by atoms with Gasteiger partial charge in [0, 0.05) is 12.3 Å². The molecule has 0 saturated carbocycles. The number of fused-ring (bicyclic) bond motifs is 1. The second kappa shape index (κ2) is 9.03. The molecule has 0 bridgehead atoms. The molecule has 4 aromatic rings. The minimum atomic E-state index is -4.61. The van der Waals surface area contributed by atoms with Gasteiger partial charge in [-0.25, -0.2) is 9.78 Å². The largest absolute Gasteiger partial charge is 0.485 e. The number of aromatic nitrogens is 2. The van der Waals surface area contributed by atoms with Crippen LogP contribution in [-0.4, -0.2) is 15.4 Å². The highest BCUT2D eigenvalue weighted by Gasteiger charge is 2.33. The lowest BCUT2D eigenvalue weighted by atomic mass is 10.1. The van der Waals surface area contributed by atoms with E-state index in [0.29, 0.717) is 11.3 Å². The van der Waals surface area contributed by atoms with Crippen LogP contribution in [0.4, 0.5) is 29.3 Å². The van der Waals surface area contributed by atoms with Crippen molar-refractivity contribution in [2.24, 2.45) is 0 Å². The molecule has 0 saturated heterocycles. The summed E-state index contributed by atoms with van der Waals surface area (Å²) in [5.74, 6) is 0.256. The maximum Gasteiger partial charge on any atom is 0.418 e. The fourth-order valence-electron chi connectivity index (χ4n) is 3.14. The summed E-state index contributed by atoms with van der Waals surface area (Å²) in [6.07, 6.45) is -3.01. The maximum absolute atomic E-state index is 13.2. The average molecular weight is 454 g/mol. The number of nitrogens with zero attached hydrogens (tertiary/aromatic N) is 2. The van der Waals surface area contributed by atoms with E-state index in [-0.39, 0.29) is 29.3 Å². The van der Waals surface area contributed by atoms with E-state index in [1.165, 1.54) is 28.7 Å². The lowest BCUT2D eigenvalue weighted by Crippen LogP contribution is -2.22. The first-order chi connectivity index (χ1) is 15.8. The van der Waals surface area contributed by atoms with Crippen LogP contribution < -0.4 is 20.9 Å². The molecule has 33 heavy (non-hydrogen) atoms. The van der Waals surface area contributed by atoms with E-state index in [4.69, 9.17) is 4.74 Å². The summed E-state index contributed by atoms with van der Waals surface area (Å²) in [5.41, 5.74) is -0.535. The van der Waals surface area contributed by atoms with Gasteiger partial charge < -0.3 is 15.4 Å². The molecule has 2 aromatic heterocycles. The normalized spacial score (nSPS) is 11.2. The van der Waals surface area contributed by atoms with Gasteiger partial charge in [0.2, 0.25) is 0 Å². The Labute approximate surface area is 185 Å². The van der Waals surface area contributed by atoms with Gasteiger partial charge in [0.15, 0.2) is 0 Å². The second-order valence-corrected chi connectivity index (χ2v) is 6.92. The quantitative estimate of drug-likeness (QED) is 0.448. The zero-order valence-electron chi connectivity index (χ0n) is 17.0. The number of urea groups is 1. The van der Waals surface area contributed by atoms with Gasteiger partial charge in [-0.05, 0) is 36.4 Å². The molecular weight excluding hydrogens is 437 g/mol. The van der Waals surface area contributed by atoms with Gasteiger partial charge in [0.25, 0.3) is 5.56 Å². The molecule has 0 fully saturated rings. The van der Waals surface area contributed by atoms with Gasteiger partial charge in [0.05, 0.1) is 22.6 Å². The number of rotatable bonds is 5. The lowest BCUT2D eigenvalue weighted by molar-refractivity contribution is -0.136. The van der Waals surface area contributed by atoms with Crippen LogP contribution >= 0.6 is 0 Å². The smallest absolute Gasteiger partial charge is 0.418 e. The number of hydrogen-bond donors (Lipinski definition) is 2. The van der Waals surface area contributed by atoms with Crippen LogP contribution in [0.2, 0.25) is 0 Å². The first-order valence-electron chi connectivity index (χ1n) is 9.74. The van der Waals surface area contributed by atoms with Gasteiger partial charge in [-0.2, -0.15) is 13.2 Å². The summed E-state index contributed by atoms with van der Waals surface area (Å²) in [7, 11) is 0. The predicted octanol–water partition coefficient (Wildman–Crippen LogP) is 4.94. The molecule has 2 heterocycles. The second-order valence-electron chi connectivity index (χ2n) is 6.92. The van der Waals surface area contributed by atoms with Crippen molar-refractivity contribution < 1.29 is 22.7 Å². The first kappa shape index (κ1) is 21.9. The number of alkyl halides is 3. The van der Waals surface area contributed by atoms with Crippen LogP contribution in [0.5, 0.6) is 5.75 Å². The van der Waals surface area contributed by atoms with E-state index in [0.717, 1.165) is 12.1 Å². The number of anilines is 2. The number of pyridine rings is 1. The number of hydrogen-bond acceptors (Lipinski definition) is 4. The molecule has 2 aromatic carbocycles. The third-order valence-corrected chi connectivity index (χ3v) is 4.62. The number of amides is 2. The topological polar surface area (TPSA) is 84.7 Å². The minimum absolute atomic E-state index is 0.0577. The number of para-hydroxylation sites is 3. The van der Waals surface area contributed by atoms with Crippen LogP contribution in [0.1, 0.15) is 11.3 Å². The average Bonchev–Trinajstić information content (AvgIpc) is 2.78. The highest BCUT2D eigenvalue weighted by atomic mass is 19.4. The van der Waals surface area contributed by atoms with Gasteiger partial charge >= 0.3 is 12.2 Å². The molecule has 0 aliphatic heterocycles. The van der Waals surface area contributed by atoms with Crippen LogP contribution in [0.25, 0.3) is 5.65 Å². The molecule has 4 rings (SSSR count). The Balaban J connectivity index is 1.48. The summed E-state index contributed by atoms with van der Waals surface area (Å²) >= 11 is 0. The van der Waals surface area contributed by atoms with Crippen molar-refractivity contribution in [3.63, 3.8) is 0 Å². The van der Waals surface area contributed by atoms with Crippen molar-refractivity contribution in [3.05, 3.63) is 101 Å². The molecule has 0 radical (unpaired) electrons. The van der Waals surface area contributed by atoms with E-state index in [2.05, 4.69) is 15.6 Å². The van der Waals surface area contributed by atoms with Crippen molar-refractivity contribution in [3.8, 4) is 5.75 Å². The van der Waals surface area contributed by atoms with E-state index in [1.54, 1.807) is 42.6 Å². The fraction of sp³-hybridized carbons (Fsp3) is 0.0870. The predicted molar refractivity (Wildman–Crippen MR) is 116 cm³/mol. The highest BCUT2D eigenvalue weighted by Crippen LogP contribution is 2.34. The Kier molecular flexibility index (Phi) is 5.99. The van der Waals surface area contributed by atoms with Crippen molar-refractivity contribution in [1.82, 2.24) is 9.38 Å². The number of ether oxygens (including phenoxy) is 1. The van der Waals surface area contributed by atoms with Crippen LogP contribution in [0, 0.1) is 0 Å². The summed E-state index contributed by atoms with van der Waals surface area (Å²) < 4.78 is 46.6. The molecule has 0 spiro atoms. The maximum atomic E-state index is 13.2. The molecule has 0 unspecified atom stereocenters. The summed E-state index contributed by atoms with van der Waals surface area (Å²) in [6, 6.07) is 16.7. The third kappa shape index (κ3) is 5.12. The monoisotopic (exact) mass is 454 g/mol. The lowest BCUT2D eigenvalue weighted by Gasteiger charge is -2.15. The number of carbonyl (C=O) groups is 1. The first-order valence-corrected chi connectivity index (χ1v) is 9.74. The van der Waals surface area contributed by atoms with Crippen molar-refractivity contribution in [2.45, 2.75) is 12.8 Å². The summed E-state index contributed by atoms with van der Waals surface area (Å²) in [5, 5.41) is 4.70. The third-order valence-electron chi connectivity index (χ3n) is 4.62. The molecular formula is C23H17F3N4O3. The molecule has 0 aliphatic carbocycles. The van der Waals surface area contributed by atoms with Gasteiger partial charge in [-0.1, -0.05) is 30.3 Å². The fourth-order valence-corrected chi connectivity index (χ4v) is 3.14. The van der Waals surface area contributed by atoms with Crippen LogP contribution in [-0.2, 0) is 12.8 Å². The molecule has 10 heteroatoms. The van der Waals surface area contributed by atoms with Gasteiger partial charge in [-0.3, -0.25) is 9.20 Å². The Morgan fingerprint density at radius 3 is 2.39 bits per heavy atom. The van der Waals surface area contributed by atoms with Crippen molar-refractivity contribution in [1.29, 1.82) is 0 Å². The number of halogens is 3. The Bertz CT molecular complexity index is 1370. The molecule has 2 N–H and O–H groups in total.